The van der Waals surface area contributed by atoms with Crippen LogP contribution in [-0.2, 0) is 46.7 Å². The van der Waals surface area contributed by atoms with Crippen molar-refractivity contribution >= 4 is 21.8 Å². The van der Waals surface area contributed by atoms with Crippen molar-refractivity contribution < 1.29 is 21.1 Å². The van der Waals surface area contributed by atoms with Gasteiger partial charge in [-0.15, -0.1) is 0 Å². The van der Waals surface area contributed by atoms with Crippen LogP contribution in [0.2, 0.25) is 0 Å². The van der Waals surface area contributed by atoms with Gasteiger partial charge in [0, 0.05) is 34.6 Å². The quantitative estimate of drug-likeness (QED) is 0.248. The zero-order valence-corrected chi connectivity index (χ0v) is 23.6. The van der Waals surface area contributed by atoms with Gasteiger partial charge in [-0.05, 0) is 74.6 Å². The van der Waals surface area contributed by atoms with Gasteiger partial charge >= 0.3 is 21.1 Å². The Morgan fingerprint density at radius 1 is 0.538 bits per heavy atom. The molecule has 8 rings (SSSR count). The molecule has 0 amide bonds. The third kappa shape index (κ3) is 5.01. The van der Waals surface area contributed by atoms with Crippen LogP contribution in [0.4, 0.5) is 0 Å². The molecule has 0 fully saturated rings. The van der Waals surface area contributed by atoms with E-state index in [0.717, 1.165) is 70.3 Å². The van der Waals surface area contributed by atoms with Crippen LogP contribution in [0.15, 0.2) is 60.9 Å². The third-order valence-electron chi connectivity index (χ3n) is 7.39. The number of hydrogen-bond donors (Lipinski definition) is 0. The molecule has 8 nitrogen and oxygen atoms in total. The second kappa shape index (κ2) is 11.1. The predicted molar refractivity (Wildman–Crippen MR) is 145 cm³/mol. The summed E-state index contributed by atoms with van der Waals surface area (Å²) in [7, 11) is 0. The molecule has 4 aromatic heterocycles. The fourth-order valence-corrected chi connectivity index (χ4v) is 5.38. The fraction of sp³-hybridized carbons (Fsp3) is 0.267. The molecule has 2 aliphatic rings. The summed E-state index contributed by atoms with van der Waals surface area (Å²) in [4.78, 5) is 18.1. The van der Waals surface area contributed by atoms with Crippen LogP contribution in [0.1, 0.15) is 48.2 Å². The Kier molecular flexibility index (Phi) is 7.29. The van der Waals surface area contributed by atoms with E-state index in [2.05, 4.69) is 40.3 Å². The average Bonchev–Trinajstić information content (AvgIpc) is 3.62. The van der Waals surface area contributed by atoms with Gasteiger partial charge in [0.05, 0.1) is 11.0 Å². The molecule has 0 bridgehead atoms. The maximum atomic E-state index is 4.61. The summed E-state index contributed by atoms with van der Waals surface area (Å²) in [6, 6.07) is 16.0. The van der Waals surface area contributed by atoms with E-state index >= 15 is 0 Å². The Bertz CT molecular complexity index is 1630. The number of aryl methyl sites for hydroxylation is 2. The molecule has 6 aromatic rings. The second-order valence-electron chi connectivity index (χ2n) is 9.87. The van der Waals surface area contributed by atoms with Gasteiger partial charge < -0.3 is 20.4 Å². The summed E-state index contributed by atoms with van der Waals surface area (Å²) >= 11 is 0. The number of nitrogens with zero attached hydrogens (tertiary/aromatic N) is 8. The normalized spacial score (nSPS) is 14.2. The number of hydrogen-bond acceptors (Lipinski definition) is 6. The average molecular weight is 694 g/mol. The Balaban J connectivity index is 0.000000138. The minimum absolute atomic E-state index is 0. The topological polar surface area (TPSA) is 106 Å². The van der Waals surface area contributed by atoms with E-state index in [-0.39, 0.29) is 21.1 Å². The smallest absolute Gasteiger partial charge is 0.572 e. The van der Waals surface area contributed by atoms with E-state index in [0.29, 0.717) is 11.6 Å². The zero-order chi connectivity index (χ0) is 25.3. The molecule has 0 N–H and O–H groups in total. The second-order valence-corrected chi connectivity index (χ2v) is 9.87. The van der Waals surface area contributed by atoms with Crippen LogP contribution in [0.25, 0.3) is 44.8 Å². The van der Waals surface area contributed by atoms with E-state index < -0.39 is 0 Å². The summed E-state index contributed by atoms with van der Waals surface area (Å²) in [6.07, 6.45) is 12.7. The minimum atomic E-state index is 0. The Hall–Kier alpha value is -3.77. The minimum Gasteiger partial charge on any atom is -0.572 e. The molecule has 196 valence electrons. The first-order valence-corrected chi connectivity index (χ1v) is 13.3. The van der Waals surface area contributed by atoms with E-state index in [1.54, 1.807) is 0 Å². The van der Waals surface area contributed by atoms with Gasteiger partial charge in [-0.2, -0.15) is 0 Å². The Morgan fingerprint density at radius 2 is 0.974 bits per heavy atom. The monoisotopic (exact) mass is 693 g/mol. The van der Waals surface area contributed by atoms with Crippen LogP contribution < -0.4 is 10.2 Å². The van der Waals surface area contributed by atoms with Crippen molar-refractivity contribution in [2.75, 3.05) is 0 Å². The largest absolute Gasteiger partial charge is 2.00 e. The molecule has 0 aliphatic heterocycles. The van der Waals surface area contributed by atoms with Gasteiger partial charge in [0.2, 0.25) is 0 Å². The molecule has 0 unspecified atom stereocenters. The molecule has 0 atom stereocenters. The van der Waals surface area contributed by atoms with Crippen LogP contribution >= 0.6 is 0 Å². The number of aromatic nitrogens is 8. The number of fused-ring (bicyclic) bond motifs is 4. The molecule has 2 aromatic carbocycles. The van der Waals surface area contributed by atoms with Gasteiger partial charge in [-0.1, -0.05) is 47.8 Å². The molecule has 0 spiro atoms. The van der Waals surface area contributed by atoms with Crippen LogP contribution in [0.3, 0.4) is 0 Å². The van der Waals surface area contributed by atoms with E-state index in [4.69, 9.17) is 0 Å². The van der Waals surface area contributed by atoms with Crippen molar-refractivity contribution in [2.45, 2.75) is 51.4 Å². The number of benzene rings is 2. The predicted octanol–water partition coefficient (Wildman–Crippen LogP) is 5.05. The molecule has 9 heteroatoms. The van der Waals surface area contributed by atoms with Gasteiger partial charge in [0.1, 0.15) is 11.6 Å². The molecule has 0 radical (unpaired) electrons. The van der Waals surface area contributed by atoms with Gasteiger partial charge in [-0.3, -0.25) is 0 Å². The summed E-state index contributed by atoms with van der Waals surface area (Å²) in [5.74, 6) is 1.41. The van der Waals surface area contributed by atoms with E-state index in [1.165, 1.54) is 36.8 Å². The standard InChI is InChI=1S/2C15H13N4.Pt/c2*1-3-7-12-10(5-1)9-16-15(17-12)14-11-6-2-4-8-13(11)18-19-14;/h2*1,3,5,7,9H,2,4,6,8H2;/q2*-1;+2. The van der Waals surface area contributed by atoms with E-state index in [1.807, 2.05) is 60.9 Å². The van der Waals surface area contributed by atoms with Crippen molar-refractivity contribution in [3.63, 3.8) is 0 Å². The first-order valence-electron chi connectivity index (χ1n) is 13.3. The SMILES string of the molecule is [Pt+2].c1ccc2nc(-c3[n-]nc4c3CCCC4)ncc2c1.c1ccc2nc(-c3[n-]nc4c3CCCC4)ncc2c1. The van der Waals surface area contributed by atoms with Crippen LogP contribution in [0.5, 0.6) is 0 Å². The molecule has 2 aliphatic carbocycles. The van der Waals surface area contributed by atoms with Crippen LogP contribution in [-0.4, -0.2) is 30.1 Å². The molecule has 39 heavy (non-hydrogen) atoms. The molecular weight excluding hydrogens is 667 g/mol. The van der Waals surface area contributed by atoms with Gasteiger partial charge in [0.15, 0.2) is 0 Å². The maximum Gasteiger partial charge on any atom is 2.00 e. The van der Waals surface area contributed by atoms with Crippen molar-refractivity contribution in [1.82, 2.24) is 40.3 Å². The maximum absolute atomic E-state index is 4.61. The zero-order valence-electron chi connectivity index (χ0n) is 21.3. The third-order valence-corrected chi connectivity index (χ3v) is 7.39. The van der Waals surface area contributed by atoms with Crippen molar-refractivity contribution in [3.05, 3.63) is 83.4 Å². The van der Waals surface area contributed by atoms with Crippen molar-refractivity contribution in [3.8, 4) is 23.0 Å². The van der Waals surface area contributed by atoms with Gasteiger partial charge in [0.25, 0.3) is 0 Å². The van der Waals surface area contributed by atoms with E-state index in [9.17, 15) is 0 Å². The molecule has 0 saturated heterocycles. The Morgan fingerprint density at radius 3 is 1.46 bits per heavy atom. The molecular formula is C30H26N8Pt. The first-order chi connectivity index (χ1) is 18.8. The van der Waals surface area contributed by atoms with Crippen molar-refractivity contribution in [2.24, 2.45) is 0 Å². The summed E-state index contributed by atoms with van der Waals surface area (Å²) in [5, 5.41) is 19.3. The summed E-state index contributed by atoms with van der Waals surface area (Å²) in [5.41, 5.74) is 8.44. The van der Waals surface area contributed by atoms with Gasteiger partial charge in [-0.25, -0.2) is 19.9 Å². The molecule has 4 heterocycles. The van der Waals surface area contributed by atoms with Crippen molar-refractivity contribution in [1.29, 1.82) is 0 Å². The summed E-state index contributed by atoms with van der Waals surface area (Å²) in [6.45, 7) is 0. The molecule has 0 saturated carbocycles. The number of para-hydroxylation sites is 2. The Labute approximate surface area is 240 Å². The fourth-order valence-electron chi connectivity index (χ4n) is 5.38. The number of rotatable bonds is 2. The van der Waals surface area contributed by atoms with Crippen LogP contribution in [0, 0.1) is 0 Å². The summed E-state index contributed by atoms with van der Waals surface area (Å²) < 4.78 is 0. The first kappa shape index (κ1) is 25.5.